The van der Waals surface area contributed by atoms with Gasteiger partial charge in [-0.25, -0.2) is 0 Å². The molecule has 0 amide bonds. The number of rotatable bonds is 5. The van der Waals surface area contributed by atoms with Crippen LogP contribution in [0.3, 0.4) is 0 Å². The molecule has 0 aliphatic carbocycles. The van der Waals surface area contributed by atoms with Gasteiger partial charge in [-0.1, -0.05) is 30.3 Å². The Balaban J connectivity index is 2.12. The van der Waals surface area contributed by atoms with Gasteiger partial charge in [-0.05, 0) is 35.4 Å². The van der Waals surface area contributed by atoms with Crippen LogP contribution in [0.15, 0.2) is 59.0 Å². The molecule has 0 aliphatic rings. The molecule has 0 saturated heterocycles. The van der Waals surface area contributed by atoms with E-state index in [-0.39, 0.29) is 0 Å². The molecule has 0 atom stereocenters. The van der Waals surface area contributed by atoms with Crippen LogP contribution in [0.2, 0.25) is 0 Å². The van der Waals surface area contributed by atoms with Crippen LogP contribution < -0.4 is 9.47 Å². The average molecular weight is 308 g/mol. The Hall–Kier alpha value is -3.01. The van der Waals surface area contributed by atoms with Gasteiger partial charge in [0, 0.05) is 5.56 Å². The number of aldehydes is 1. The lowest BCUT2D eigenvalue weighted by atomic mass is 9.98. The molecule has 1 heterocycles. The lowest BCUT2D eigenvalue weighted by Gasteiger charge is -2.12. The monoisotopic (exact) mass is 308 g/mol. The number of methoxy groups -OCH3 is 2. The second kappa shape index (κ2) is 6.40. The lowest BCUT2D eigenvalue weighted by molar-refractivity contribution is 0.110. The number of hydrogen-bond acceptors (Lipinski definition) is 4. The van der Waals surface area contributed by atoms with E-state index in [2.05, 4.69) is 0 Å². The first-order valence-corrected chi connectivity index (χ1v) is 7.13. The van der Waals surface area contributed by atoms with E-state index in [0.717, 1.165) is 16.7 Å². The van der Waals surface area contributed by atoms with Crippen LogP contribution in [0.1, 0.15) is 10.6 Å². The Kier molecular flexibility index (Phi) is 4.15. The topological polar surface area (TPSA) is 48.7 Å². The SMILES string of the molecule is COc1ccc(-c2ccccc2-c2ccc(C=O)o2)cc1OC. The Morgan fingerprint density at radius 1 is 0.870 bits per heavy atom. The molecule has 23 heavy (non-hydrogen) atoms. The van der Waals surface area contributed by atoms with Crippen molar-refractivity contribution in [2.45, 2.75) is 0 Å². The Bertz CT molecular complexity index is 833. The predicted octanol–water partition coefficient (Wildman–Crippen LogP) is 4.44. The van der Waals surface area contributed by atoms with Gasteiger partial charge in [0.25, 0.3) is 0 Å². The van der Waals surface area contributed by atoms with Crippen LogP contribution in [-0.4, -0.2) is 20.5 Å². The van der Waals surface area contributed by atoms with Gasteiger partial charge in [0.2, 0.25) is 0 Å². The molecule has 3 rings (SSSR count). The fourth-order valence-electron chi connectivity index (χ4n) is 2.51. The molecule has 4 nitrogen and oxygen atoms in total. The molecule has 1 aromatic heterocycles. The molecule has 116 valence electrons. The first-order valence-electron chi connectivity index (χ1n) is 7.13. The minimum absolute atomic E-state index is 0.308. The first kappa shape index (κ1) is 14.9. The smallest absolute Gasteiger partial charge is 0.185 e. The summed E-state index contributed by atoms with van der Waals surface area (Å²) in [5, 5.41) is 0. The zero-order chi connectivity index (χ0) is 16.2. The molecule has 0 aliphatic heterocycles. The summed E-state index contributed by atoms with van der Waals surface area (Å²) < 4.78 is 16.2. The molecule has 2 aromatic carbocycles. The summed E-state index contributed by atoms with van der Waals surface area (Å²) in [4.78, 5) is 10.8. The van der Waals surface area contributed by atoms with Gasteiger partial charge in [-0.15, -0.1) is 0 Å². The summed E-state index contributed by atoms with van der Waals surface area (Å²) in [5.74, 6) is 2.29. The summed E-state index contributed by atoms with van der Waals surface area (Å²) in [6, 6.07) is 17.0. The van der Waals surface area contributed by atoms with Gasteiger partial charge in [-0.3, -0.25) is 4.79 Å². The van der Waals surface area contributed by atoms with Crippen LogP contribution >= 0.6 is 0 Å². The van der Waals surface area contributed by atoms with Crippen molar-refractivity contribution < 1.29 is 18.7 Å². The zero-order valence-corrected chi connectivity index (χ0v) is 12.9. The van der Waals surface area contributed by atoms with E-state index in [4.69, 9.17) is 13.9 Å². The van der Waals surface area contributed by atoms with Gasteiger partial charge in [0.05, 0.1) is 14.2 Å². The van der Waals surface area contributed by atoms with Gasteiger partial charge in [-0.2, -0.15) is 0 Å². The molecule has 0 saturated carbocycles. The van der Waals surface area contributed by atoms with Crippen molar-refractivity contribution in [3.63, 3.8) is 0 Å². The molecule has 3 aromatic rings. The van der Waals surface area contributed by atoms with E-state index in [0.29, 0.717) is 29.3 Å². The highest BCUT2D eigenvalue weighted by atomic mass is 16.5. The highest BCUT2D eigenvalue weighted by molar-refractivity contribution is 5.83. The van der Waals surface area contributed by atoms with Crippen LogP contribution in [0.4, 0.5) is 0 Å². The molecule has 4 heteroatoms. The summed E-state index contributed by atoms with van der Waals surface area (Å²) in [7, 11) is 3.21. The van der Waals surface area contributed by atoms with Crippen molar-refractivity contribution in [2.24, 2.45) is 0 Å². The average Bonchev–Trinajstić information content (AvgIpc) is 3.10. The number of benzene rings is 2. The number of furan rings is 1. The van der Waals surface area contributed by atoms with Gasteiger partial charge in [0.1, 0.15) is 5.76 Å². The van der Waals surface area contributed by atoms with Crippen molar-refractivity contribution in [3.8, 4) is 33.9 Å². The third-order valence-electron chi connectivity index (χ3n) is 3.63. The molecular weight excluding hydrogens is 292 g/mol. The highest BCUT2D eigenvalue weighted by Gasteiger charge is 2.13. The second-order valence-corrected chi connectivity index (χ2v) is 4.94. The van der Waals surface area contributed by atoms with Gasteiger partial charge >= 0.3 is 0 Å². The van der Waals surface area contributed by atoms with Crippen molar-refractivity contribution >= 4 is 6.29 Å². The number of hydrogen-bond donors (Lipinski definition) is 0. The van der Waals surface area contributed by atoms with E-state index >= 15 is 0 Å². The minimum Gasteiger partial charge on any atom is -0.493 e. The maximum absolute atomic E-state index is 10.8. The summed E-state index contributed by atoms with van der Waals surface area (Å²) >= 11 is 0. The molecule has 0 unspecified atom stereocenters. The maximum atomic E-state index is 10.8. The summed E-state index contributed by atoms with van der Waals surface area (Å²) in [6.45, 7) is 0. The van der Waals surface area contributed by atoms with E-state index in [1.54, 1.807) is 26.4 Å². The molecule has 0 bridgehead atoms. The van der Waals surface area contributed by atoms with Crippen molar-refractivity contribution in [1.82, 2.24) is 0 Å². The van der Waals surface area contributed by atoms with Crippen molar-refractivity contribution in [3.05, 3.63) is 60.4 Å². The molecule has 0 fully saturated rings. The van der Waals surface area contributed by atoms with E-state index < -0.39 is 0 Å². The van der Waals surface area contributed by atoms with E-state index in [1.165, 1.54) is 0 Å². The zero-order valence-electron chi connectivity index (χ0n) is 12.9. The Labute approximate surface area is 134 Å². The normalized spacial score (nSPS) is 10.3. The maximum Gasteiger partial charge on any atom is 0.185 e. The predicted molar refractivity (Wildman–Crippen MR) is 88.1 cm³/mol. The second-order valence-electron chi connectivity index (χ2n) is 4.94. The fourth-order valence-corrected chi connectivity index (χ4v) is 2.51. The van der Waals surface area contributed by atoms with Crippen LogP contribution in [-0.2, 0) is 0 Å². The van der Waals surface area contributed by atoms with Gasteiger partial charge < -0.3 is 13.9 Å². The van der Waals surface area contributed by atoms with E-state index in [1.807, 2.05) is 42.5 Å². The van der Waals surface area contributed by atoms with Crippen LogP contribution in [0, 0.1) is 0 Å². The molecule has 0 radical (unpaired) electrons. The highest BCUT2D eigenvalue weighted by Crippen LogP contribution is 2.37. The third kappa shape index (κ3) is 2.83. The third-order valence-corrected chi connectivity index (χ3v) is 3.63. The van der Waals surface area contributed by atoms with E-state index in [9.17, 15) is 4.79 Å². The number of carbonyl (C=O) groups excluding carboxylic acids is 1. The van der Waals surface area contributed by atoms with Crippen molar-refractivity contribution in [2.75, 3.05) is 14.2 Å². The Morgan fingerprint density at radius 3 is 2.26 bits per heavy atom. The van der Waals surface area contributed by atoms with Gasteiger partial charge in [0.15, 0.2) is 23.5 Å². The van der Waals surface area contributed by atoms with Crippen LogP contribution in [0.5, 0.6) is 11.5 Å². The molecular formula is C19H16O4. The van der Waals surface area contributed by atoms with Crippen LogP contribution in [0.25, 0.3) is 22.5 Å². The summed E-state index contributed by atoms with van der Waals surface area (Å²) in [5.41, 5.74) is 2.87. The quantitative estimate of drug-likeness (QED) is 0.654. The lowest BCUT2D eigenvalue weighted by Crippen LogP contribution is -1.91. The molecule has 0 N–H and O–H groups in total. The van der Waals surface area contributed by atoms with Crippen molar-refractivity contribution in [1.29, 1.82) is 0 Å². The molecule has 0 spiro atoms. The standard InChI is InChI=1S/C19H16O4/c1-21-18-9-7-13(11-19(18)22-2)15-5-3-4-6-16(15)17-10-8-14(12-20)23-17/h3-12H,1-2H3. The summed E-state index contributed by atoms with van der Waals surface area (Å²) in [6.07, 6.45) is 0.697. The first-order chi connectivity index (χ1) is 11.3. The number of ether oxygens (including phenoxy) is 2. The minimum atomic E-state index is 0.308. The Morgan fingerprint density at radius 2 is 1.61 bits per heavy atom. The largest absolute Gasteiger partial charge is 0.493 e. The number of carbonyl (C=O) groups is 1. The fraction of sp³-hybridized carbons (Fsp3) is 0.105.